The van der Waals surface area contributed by atoms with Gasteiger partial charge in [-0.1, -0.05) is 19.3 Å². The van der Waals surface area contributed by atoms with Gasteiger partial charge in [-0.25, -0.2) is 4.79 Å². The van der Waals surface area contributed by atoms with Crippen molar-refractivity contribution in [1.82, 2.24) is 4.90 Å². The Kier molecular flexibility index (Phi) is 6.40. The molecule has 1 aliphatic rings. The van der Waals surface area contributed by atoms with E-state index in [0.717, 1.165) is 13.1 Å². The van der Waals surface area contributed by atoms with Crippen LogP contribution in [0.25, 0.3) is 0 Å². The minimum absolute atomic E-state index is 0.00797. The van der Waals surface area contributed by atoms with Crippen LogP contribution >= 0.6 is 0 Å². The third-order valence-corrected chi connectivity index (χ3v) is 3.91. The van der Waals surface area contributed by atoms with Crippen LogP contribution in [0.4, 0.5) is 5.69 Å². The van der Waals surface area contributed by atoms with Crippen LogP contribution in [0.15, 0.2) is 24.3 Å². The van der Waals surface area contributed by atoms with Crippen molar-refractivity contribution in [1.29, 1.82) is 0 Å². The monoisotopic (exact) mass is 304 g/mol. The van der Waals surface area contributed by atoms with Crippen LogP contribution in [0.3, 0.4) is 0 Å². The Morgan fingerprint density at radius 3 is 2.23 bits per heavy atom. The van der Waals surface area contributed by atoms with E-state index >= 15 is 0 Å². The lowest BCUT2D eigenvalue weighted by Gasteiger charge is -2.23. The lowest BCUT2D eigenvalue weighted by molar-refractivity contribution is -0.117. The molecule has 1 fully saturated rings. The van der Waals surface area contributed by atoms with Crippen molar-refractivity contribution in [2.45, 2.75) is 32.1 Å². The fraction of sp³-hybridized carbons (Fsp3) is 0.529. The number of nitrogens with zero attached hydrogens (tertiary/aromatic N) is 1. The molecule has 0 atom stereocenters. The zero-order chi connectivity index (χ0) is 15.8. The maximum atomic E-state index is 12.1. The van der Waals surface area contributed by atoms with Crippen LogP contribution in [-0.4, -0.2) is 43.5 Å². The van der Waals surface area contributed by atoms with Gasteiger partial charge < -0.3 is 10.1 Å². The molecular weight excluding hydrogens is 280 g/mol. The van der Waals surface area contributed by atoms with E-state index in [1.165, 1.54) is 39.2 Å². The maximum Gasteiger partial charge on any atom is 0.337 e. The smallest absolute Gasteiger partial charge is 0.337 e. The van der Waals surface area contributed by atoms with Crippen LogP contribution in [0, 0.1) is 0 Å². The molecule has 120 valence electrons. The molecule has 0 aromatic heterocycles. The van der Waals surface area contributed by atoms with Crippen LogP contribution < -0.4 is 5.32 Å². The Bertz CT molecular complexity index is 491. The molecule has 0 spiro atoms. The number of rotatable bonds is 4. The minimum Gasteiger partial charge on any atom is -0.465 e. The molecule has 5 heteroatoms. The predicted molar refractivity (Wildman–Crippen MR) is 85.9 cm³/mol. The van der Waals surface area contributed by atoms with Gasteiger partial charge in [-0.05, 0) is 50.2 Å². The van der Waals surface area contributed by atoms with Crippen LogP contribution in [0.2, 0.25) is 0 Å². The molecule has 0 bridgehead atoms. The van der Waals surface area contributed by atoms with Gasteiger partial charge in [0.1, 0.15) is 0 Å². The highest BCUT2D eigenvalue weighted by atomic mass is 16.5. The average molecular weight is 304 g/mol. The van der Waals surface area contributed by atoms with E-state index in [9.17, 15) is 9.59 Å². The summed E-state index contributed by atoms with van der Waals surface area (Å²) in [5, 5.41) is 2.88. The first kappa shape index (κ1) is 16.5. The average Bonchev–Trinajstić information content (AvgIpc) is 2.50. The molecule has 1 aliphatic heterocycles. The van der Waals surface area contributed by atoms with Crippen molar-refractivity contribution in [3.8, 4) is 0 Å². The van der Waals surface area contributed by atoms with Crippen LogP contribution in [0.5, 0.6) is 0 Å². The molecule has 1 aromatic carbocycles. The molecule has 1 amide bonds. The van der Waals surface area contributed by atoms with Crippen molar-refractivity contribution >= 4 is 17.6 Å². The number of nitrogens with one attached hydrogen (secondary N) is 1. The second-order valence-corrected chi connectivity index (χ2v) is 5.66. The molecule has 1 aromatic rings. The number of benzene rings is 1. The van der Waals surface area contributed by atoms with Gasteiger partial charge in [-0.2, -0.15) is 0 Å². The van der Waals surface area contributed by atoms with Crippen molar-refractivity contribution < 1.29 is 14.3 Å². The summed E-state index contributed by atoms with van der Waals surface area (Å²) in [7, 11) is 1.35. The minimum atomic E-state index is -0.376. The normalized spacial score (nSPS) is 16.4. The Hall–Kier alpha value is -1.88. The number of esters is 1. The number of carbonyl (C=O) groups is 2. The summed E-state index contributed by atoms with van der Waals surface area (Å²) >= 11 is 0. The Morgan fingerprint density at radius 2 is 1.64 bits per heavy atom. The number of hydrogen-bond acceptors (Lipinski definition) is 4. The second kappa shape index (κ2) is 8.54. The SMILES string of the molecule is COC(=O)c1ccc(NC(=O)CN2CCCCCCC2)cc1. The Morgan fingerprint density at radius 1 is 1.05 bits per heavy atom. The highest BCUT2D eigenvalue weighted by Crippen LogP contribution is 2.12. The predicted octanol–water partition coefficient (Wildman–Crippen LogP) is 2.68. The summed E-state index contributed by atoms with van der Waals surface area (Å²) in [4.78, 5) is 25.7. The number of ether oxygens (including phenoxy) is 1. The Balaban J connectivity index is 1.84. The number of methoxy groups -OCH3 is 1. The molecule has 1 heterocycles. The molecular formula is C17H24N2O3. The fourth-order valence-electron chi connectivity index (χ4n) is 2.68. The third-order valence-electron chi connectivity index (χ3n) is 3.91. The quantitative estimate of drug-likeness (QED) is 0.869. The van der Waals surface area contributed by atoms with E-state index in [0.29, 0.717) is 17.8 Å². The fourth-order valence-corrected chi connectivity index (χ4v) is 2.68. The van der Waals surface area contributed by atoms with Crippen molar-refractivity contribution in [3.63, 3.8) is 0 Å². The summed E-state index contributed by atoms with van der Waals surface area (Å²) < 4.78 is 4.65. The standard InChI is InChI=1S/C17H24N2O3/c1-22-17(21)14-7-9-15(10-8-14)18-16(20)13-19-11-5-3-2-4-6-12-19/h7-10H,2-6,11-13H2,1H3,(H,18,20). The lowest BCUT2D eigenvalue weighted by Crippen LogP contribution is -2.35. The molecule has 0 saturated carbocycles. The molecule has 22 heavy (non-hydrogen) atoms. The molecule has 0 radical (unpaired) electrons. The second-order valence-electron chi connectivity index (χ2n) is 5.66. The van der Waals surface area contributed by atoms with Gasteiger partial charge >= 0.3 is 5.97 Å². The van der Waals surface area contributed by atoms with E-state index < -0.39 is 0 Å². The zero-order valence-electron chi connectivity index (χ0n) is 13.1. The highest BCUT2D eigenvalue weighted by Gasteiger charge is 2.12. The molecule has 5 nitrogen and oxygen atoms in total. The molecule has 0 aliphatic carbocycles. The lowest BCUT2D eigenvalue weighted by atomic mass is 10.1. The zero-order valence-corrected chi connectivity index (χ0v) is 13.1. The molecule has 2 rings (SSSR count). The first-order valence-corrected chi connectivity index (χ1v) is 7.89. The first-order valence-electron chi connectivity index (χ1n) is 7.89. The van der Waals surface area contributed by atoms with E-state index in [1.807, 2.05) is 0 Å². The number of anilines is 1. The summed E-state index contributed by atoms with van der Waals surface area (Å²) in [6, 6.07) is 6.74. The summed E-state index contributed by atoms with van der Waals surface area (Å²) in [6.45, 7) is 2.42. The van der Waals surface area contributed by atoms with Gasteiger partial charge in [0, 0.05) is 5.69 Å². The highest BCUT2D eigenvalue weighted by molar-refractivity contribution is 5.93. The Labute approximate surface area is 131 Å². The summed E-state index contributed by atoms with van der Waals surface area (Å²) in [5.41, 5.74) is 1.17. The number of likely N-dealkylation sites (tertiary alicyclic amines) is 1. The van der Waals surface area contributed by atoms with E-state index in [4.69, 9.17) is 0 Å². The number of amides is 1. The van der Waals surface area contributed by atoms with Crippen molar-refractivity contribution in [2.24, 2.45) is 0 Å². The van der Waals surface area contributed by atoms with Crippen molar-refractivity contribution in [2.75, 3.05) is 32.1 Å². The van der Waals surface area contributed by atoms with Gasteiger partial charge in [0.05, 0.1) is 19.2 Å². The molecule has 1 N–H and O–H groups in total. The number of hydrogen-bond donors (Lipinski definition) is 1. The summed E-state index contributed by atoms with van der Waals surface area (Å²) in [6.07, 6.45) is 6.16. The van der Waals surface area contributed by atoms with Gasteiger partial charge in [-0.3, -0.25) is 9.69 Å². The first-order chi connectivity index (χ1) is 10.7. The van der Waals surface area contributed by atoms with Crippen LogP contribution in [0.1, 0.15) is 42.5 Å². The van der Waals surface area contributed by atoms with Gasteiger partial charge in [0.15, 0.2) is 0 Å². The van der Waals surface area contributed by atoms with E-state index in [2.05, 4.69) is 15.0 Å². The third kappa shape index (κ3) is 5.15. The van der Waals surface area contributed by atoms with Gasteiger partial charge in [-0.15, -0.1) is 0 Å². The molecule has 1 saturated heterocycles. The van der Waals surface area contributed by atoms with E-state index in [1.54, 1.807) is 24.3 Å². The summed E-state index contributed by atoms with van der Waals surface area (Å²) in [5.74, 6) is -0.384. The molecule has 0 unspecified atom stereocenters. The topological polar surface area (TPSA) is 58.6 Å². The van der Waals surface area contributed by atoms with Gasteiger partial charge in [0.2, 0.25) is 5.91 Å². The van der Waals surface area contributed by atoms with Gasteiger partial charge in [0.25, 0.3) is 0 Å². The van der Waals surface area contributed by atoms with Crippen LogP contribution in [-0.2, 0) is 9.53 Å². The number of carbonyl (C=O) groups excluding carboxylic acids is 2. The largest absolute Gasteiger partial charge is 0.465 e. The van der Waals surface area contributed by atoms with Crippen molar-refractivity contribution in [3.05, 3.63) is 29.8 Å². The maximum absolute atomic E-state index is 12.1. The van der Waals surface area contributed by atoms with E-state index in [-0.39, 0.29) is 11.9 Å².